The van der Waals surface area contributed by atoms with E-state index in [0.29, 0.717) is 10.7 Å². The van der Waals surface area contributed by atoms with Gasteiger partial charge >= 0.3 is 0 Å². The number of anilines is 1. The molecule has 0 aliphatic heterocycles. The van der Waals surface area contributed by atoms with Crippen LogP contribution in [-0.4, -0.2) is 39.1 Å². The molecule has 0 aliphatic rings. The molecule has 2 aromatic rings. The van der Waals surface area contributed by atoms with E-state index in [1.807, 2.05) is 31.4 Å². The average molecular weight is 362 g/mol. The van der Waals surface area contributed by atoms with Gasteiger partial charge in [-0.05, 0) is 25.3 Å². The molecule has 2 aromatic heterocycles. The molecule has 0 spiro atoms. The molecule has 2 amide bonds. The van der Waals surface area contributed by atoms with Crippen LogP contribution in [-0.2, 0) is 17.3 Å². The second-order valence-corrected chi connectivity index (χ2v) is 8.29. The molecule has 0 unspecified atom stereocenters. The van der Waals surface area contributed by atoms with Gasteiger partial charge in [0.2, 0.25) is 5.91 Å². The molecule has 0 saturated heterocycles. The fourth-order valence-electron chi connectivity index (χ4n) is 2.32. The van der Waals surface area contributed by atoms with Gasteiger partial charge in [-0.15, -0.1) is 11.3 Å². The molecule has 0 aromatic carbocycles. The zero-order valence-electron chi connectivity index (χ0n) is 15.7. The summed E-state index contributed by atoms with van der Waals surface area (Å²) in [6.45, 7) is 10.0. The minimum Gasteiger partial charge on any atom is -0.326 e. The van der Waals surface area contributed by atoms with Crippen LogP contribution in [0.1, 0.15) is 50.0 Å². The van der Waals surface area contributed by atoms with Crippen LogP contribution in [0.15, 0.2) is 23.6 Å². The molecule has 0 aliphatic carbocycles. The summed E-state index contributed by atoms with van der Waals surface area (Å²) in [6, 6.07) is 5.41. The van der Waals surface area contributed by atoms with Crippen LogP contribution in [0.4, 0.5) is 5.82 Å². The van der Waals surface area contributed by atoms with Crippen molar-refractivity contribution in [2.45, 2.75) is 46.1 Å². The fraction of sp³-hybridized carbons (Fsp3) is 0.500. The first kappa shape index (κ1) is 19.2. The molecule has 7 heteroatoms. The molecule has 0 fully saturated rings. The number of hydrogen-bond acceptors (Lipinski definition) is 4. The Morgan fingerprint density at radius 2 is 2.04 bits per heavy atom. The van der Waals surface area contributed by atoms with E-state index in [1.54, 1.807) is 22.7 Å². The van der Waals surface area contributed by atoms with Crippen molar-refractivity contribution in [1.82, 2.24) is 14.7 Å². The highest BCUT2D eigenvalue weighted by molar-refractivity contribution is 7.12. The molecule has 0 bridgehead atoms. The summed E-state index contributed by atoms with van der Waals surface area (Å²) in [4.78, 5) is 27.3. The van der Waals surface area contributed by atoms with Crippen molar-refractivity contribution in [3.8, 4) is 0 Å². The van der Waals surface area contributed by atoms with E-state index in [9.17, 15) is 9.59 Å². The molecule has 136 valence electrons. The van der Waals surface area contributed by atoms with Gasteiger partial charge in [0.15, 0.2) is 0 Å². The van der Waals surface area contributed by atoms with Gasteiger partial charge in [-0.3, -0.25) is 14.3 Å². The number of nitrogens with one attached hydrogen (secondary N) is 1. The summed E-state index contributed by atoms with van der Waals surface area (Å²) in [5.74, 6) is 0.268. The molecule has 0 atom stereocenters. The number of amides is 2. The van der Waals surface area contributed by atoms with E-state index in [-0.39, 0.29) is 29.8 Å². The lowest BCUT2D eigenvalue weighted by molar-refractivity contribution is -0.117. The lowest BCUT2D eigenvalue weighted by atomic mass is 9.92. The fourth-order valence-corrected chi connectivity index (χ4v) is 3.00. The Morgan fingerprint density at radius 3 is 2.52 bits per heavy atom. The van der Waals surface area contributed by atoms with Gasteiger partial charge in [0.1, 0.15) is 12.4 Å². The summed E-state index contributed by atoms with van der Waals surface area (Å²) in [7, 11) is 1.79. The van der Waals surface area contributed by atoms with E-state index in [1.165, 1.54) is 11.3 Å². The summed E-state index contributed by atoms with van der Waals surface area (Å²) < 4.78 is 1.65. The van der Waals surface area contributed by atoms with E-state index in [4.69, 9.17) is 0 Å². The number of rotatable bonds is 5. The van der Waals surface area contributed by atoms with E-state index >= 15 is 0 Å². The van der Waals surface area contributed by atoms with E-state index in [2.05, 4.69) is 31.2 Å². The van der Waals surface area contributed by atoms with Crippen LogP contribution in [0.25, 0.3) is 0 Å². The Hall–Kier alpha value is -2.15. The Bertz CT molecular complexity index is 742. The number of nitrogens with zero attached hydrogens (tertiary/aromatic N) is 3. The Labute approximate surface area is 152 Å². The van der Waals surface area contributed by atoms with Crippen molar-refractivity contribution >= 4 is 29.0 Å². The number of carbonyl (C=O) groups excluding carboxylic acids is 2. The van der Waals surface area contributed by atoms with Crippen molar-refractivity contribution < 1.29 is 9.59 Å². The van der Waals surface area contributed by atoms with Gasteiger partial charge in [-0.2, -0.15) is 5.10 Å². The minimum atomic E-state index is -0.234. The molecular weight excluding hydrogens is 336 g/mol. The third-order valence-corrected chi connectivity index (χ3v) is 4.70. The predicted octanol–water partition coefficient (Wildman–Crippen LogP) is 3.27. The second kappa shape index (κ2) is 7.39. The minimum absolute atomic E-state index is 0.00440. The van der Waals surface area contributed by atoms with Gasteiger partial charge in [0.05, 0.1) is 10.6 Å². The molecule has 2 rings (SSSR count). The summed E-state index contributed by atoms with van der Waals surface area (Å²) in [6.07, 6.45) is 0. The lowest BCUT2D eigenvalue weighted by Gasteiger charge is -2.25. The zero-order valence-corrected chi connectivity index (χ0v) is 16.5. The van der Waals surface area contributed by atoms with Crippen molar-refractivity contribution in [2.24, 2.45) is 7.05 Å². The third kappa shape index (κ3) is 4.69. The lowest BCUT2D eigenvalue weighted by Crippen LogP contribution is -2.42. The summed E-state index contributed by atoms with van der Waals surface area (Å²) in [5, 5.41) is 9.16. The van der Waals surface area contributed by atoms with Crippen molar-refractivity contribution in [3.63, 3.8) is 0 Å². The molecular formula is C18H26N4O2S. The first-order chi connectivity index (χ1) is 11.6. The van der Waals surface area contributed by atoms with E-state index in [0.717, 1.165) is 5.69 Å². The maximum Gasteiger partial charge on any atom is 0.264 e. The standard InChI is InChI=1S/C18H26N4O2S/c1-12(2)22(17(24)13-8-7-9-25-13)11-16(23)19-15-10-14(18(3,4)5)20-21(15)6/h7-10,12H,11H2,1-6H3,(H,19,23). The largest absolute Gasteiger partial charge is 0.326 e. The Kier molecular flexibility index (Phi) is 5.67. The maximum atomic E-state index is 12.6. The van der Waals surface area contributed by atoms with Gasteiger partial charge < -0.3 is 10.2 Å². The third-order valence-electron chi connectivity index (χ3n) is 3.85. The SMILES string of the molecule is CC(C)N(CC(=O)Nc1cc(C(C)(C)C)nn1C)C(=O)c1cccs1. The molecule has 0 radical (unpaired) electrons. The van der Waals surface area contributed by atoms with Crippen LogP contribution in [0, 0.1) is 0 Å². The molecule has 6 nitrogen and oxygen atoms in total. The average Bonchev–Trinajstić information content (AvgIpc) is 3.14. The van der Waals surface area contributed by atoms with Crippen LogP contribution in [0.3, 0.4) is 0 Å². The van der Waals surface area contributed by atoms with Crippen LogP contribution in [0.5, 0.6) is 0 Å². The zero-order chi connectivity index (χ0) is 18.8. The highest BCUT2D eigenvalue weighted by Crippen LogP contribution is 2.23. The second-order valence-electron chi connectivity index (χ2n) is 7.34. The maximum absolute atomic E-state index is 12.6. The smallest absolute Gasteiger partial charge is 0.264 e. The Balaban J connectivity index is 2.10. The summed E-state index contributed by atoms with van der Waals surface area (Å²) in [5.41, 5.74) is 0.806. The van der Waals surface area contributed by atoms with Crippen molar-refractivity contribution in [2.75, 3.05) is 11.9 Å². The number of carbonyl (C=O) groups is 2. The van der Waals surface area contributed by atoms with Gasteiger partial charge in [0.25, 0.3) is 5.91 Å². The van der Waals surface area contributed by atoms with Crippen LogP contribution >= 0.6 is 11.3 Å². The number of aryl methyl sites for hydroxylation is 1. The summed E-state index contributed by atoms with van der Waals surface area (Å²) >= 11 is 1.38. The normalized spacial score (nSPS) is 11.6. The number of aromatic nitrogens is 2. The first-order valence-corrected chi connectivity index (χ1v) is 9.16. The molecule has 0 saturated carbocycles. The van der Waals surface area contributed by atoms with Crippen molar-refractivity contribution in [1.29, 1.82) is 0 Å². The molecule has 1 N–H and O–H groups in total. The highest BCUT2D eigenvalue weighted by atomic mass is 32.1. The number of hydrogen-bond donors (Lipinski definition) is 1. The highest BCUT2D eigenvalue weighted by Gasteiger charge is 2.24. The van der Waals surface area contributed by atoms with Crippen LogP contribution in [0.2, 0.25) is 0 Å². The topological polar surface area (TPSA) is 67.2 Å². The monoisotopic (exact) mass is 362 g/mol. The quantitative estimate of drug-likeness (QED) is 0.888. The molecule has 25 heavy (non-hydrogen) atoms. The predicted molar refractivity (Wildman–Crippen MR) is 101 cm³/mol. The van der Waals surface area contributed by atoms with E-state index < -0.39 is 0 Å². The van der Waals surface area contributed by atoms with Gasteiger partial charge in [0, 0.05) is 24.6 Å². The van der Waals surface area contributed by atoms with Crippen LogP contribution < -0.4 is 5.32 Å². The Morgan fingerprint density at radius 1 is 1.36 bits per heavy atom. The number of thiophene rings is 1. The van der Waals surface area contributed by atoms with Gasteiger partial charge in [-0.25, -0.2) is 0 Å². The van der Waals surface area contributed by atoms with Crippen molar-refractivity contribution in [3.05, 3.63) is 34.2 Å². The first-order valence-electron chi connectivity index (χ1n) is 8.28. The molecule has 2 heterocycles. The van der Waals surface area contributed by atoms with Gasteiger partial charge in [-0.1, -0.05) is 26.8 Å².